The molecule has 0 aliphatic rings. The molecule has 0 saturated carbocycles. The van der Waals surface area contributed by atoms with Crippen molar-refractivity contribution in [2.24, 2.45) is 5.73 Å². The van der Waals surface area contributed by atoms with Crippen LogP contribution in [-0.4, -0.2) is 28.4 Å². The topological polar surface area (TPSA) is 66.0 Å². The smallest absolute Gasteiger partial charge is 0.152 e. The van der Waals surface area contributed by atoms with E-state index >= 15 is 0 Å². The van der Waals surface area contributed by atoms with Crippen molar-refractivity contribution in [3.8, 4) is 11.4 Å². The fourth-order valence-electron chi connectivity index (χ4n) is 1.71. The fourth-order valence-corrected chi connectivity index (χ4v) is 1.96. The van der Waals surface area contributed by atoms with Crippen LogP contribution >= 0.6 is 11.6 Å². The Hall–Kier alpha value is -1.59. The number of halogens is 1. The Morgan fingerprint density at radius 1 is 1.44 bits per heavy atom. The molecule has 1 heterocycles. The van der Waals surface area contributed by atoms with Gasteiger partial charge in [-0.3, -0.25) is 0 Å². The van der Waals surface area contributed by atoms with Gasteiger partial charge in [-0.1, -0.05) is 11.6 Å². The molecule has 0 bridgehead atoms. The van der Waals surface area contributed by atoms with E-state index in [1.807, 2.05) is 13.0 Å². The van der Waals surface area contributed by atoms with Gasteiger partial charge in [-0.2, -0.15) is 5.10 Å². The molecule has 1 aromatic carbocycles. The van der Waals surface area contributed by atoms with E-state index in [1.54, 1.807) is 23.9 Å². The molecule has 2 N–H and O–H groups in total. The van der Waals surface area contributed by atoms with Crippen molar-refractivity contribution in [1.29, 1.82) is 0 Å². The SMILES string of the molecule is COc1ccc(-n2nc(CCN)nc2C)cc1Cl. The van der Waals surface area contributed by atoms with Crippen molar-refractivity contribution >= 4 is 11.6 Å². The van der Waals surface area contributed by atoms with Crippen LogP contribution in [0, 0.1) is 6.92 Å². The second-order valence-electron chi connectivity index (χ2n) is 3.84. The average Bonchev–Trinajstić information content (AvgIpc) is 2.71. The third-order valence-corrected chi connectivity index (χ3v) is 2.86. The predicted octanol–water partition coefficient (Wildman–Crippen LogP) is 1.74. The first-order valence-electron chi connectivity index (χ1n) is 5.62. The molecule has 96 valence electrons. The molecule has 0 saturated heterocycles. The zero-order valence-corrected chi connectivity index (χ0v) is 11.1. The summed E-state index contributed by atoms with van der Waals surface area (Å²) in [5.41, 5.74) is 6.35. The third-order valence-electron chi connectivity index (χ3n) is 2.56. The molecule has 6 heteroatoms. The van der Waals surface area contributed by atoms with Gasteiger partial charge in [-0.15, -0.1) is 0 Å². The number of nitrogens with two attached hydrogens (primary N) is 1. The molecule has 2 aromatic rings. The Morgan fingerprint density at radius 3 is 2.83 bits per heavy atom. The lowest BCUT2D eigenvalue weighted by atomic mass is 10.3. The van der Waals surface area contributed by atoms with Gasteiger partial charge >= 0.3 is 0 Å². The van der Waals surface area contributed by atoms with Crippen LogP contribution in [0.3, 0.4) is 0 Å². The van der Waals surface area contributed by atoms with Gasteiger partial charge < -0.3 is 10.5 Å². The average molecular weight is 267 g/mol. The number of nitrogens with zero attached hydrogens (tertiary/aromatic N) is 3. The van der Waals surface area contributed by atoms with E-state index in [9.17, 15) is 0 Å². The summed E-state index contributed by atoms with van der Waals surface area (Å²) in [4.78, 5) is 4.35. The van der Waals surface area contributed by atoms with Crippen LogP contribution in [-0.2, 0) is 6.42 Å². The molecule has 0 atom stereocenters. The van der Waals surface area contributed by atoms with Crippen LogP contribution in [0.2, 0.25) is 5.02 Å². The Morgan fingerprint density at radius 2 is 2.22 bits per heavy atom. The summed E-state index contributed by atoms with van der Waals surface area (Å²) in [5.74, 6) is 2.18. The summed E-state index contributed by atoms with van der Waals surface area (Å²) in [7, 11) is 1.58. The highest BCUT2D eigenvalue weighted by Crippen LogP contribution is 2.26. The Kier molecular flexibility index (Phi) is 3.84. The maximum atomic E-state index is 6.09. The Labute approximate surface area is 111 Å². The number of aryl methyl sites for hydroxylation is 1. The number of hydrogen-bond acceptors (Lipinski definition) is 4. The molecule has 2 rings (SSSR count). The minimum atomic E-state index is 0.535. The van der Waals surface area contributed by atoms with Crippen molar-refractivity contribution in [3.05, 3.63) is 34.9 Å². The van der Waals surface area contributed by atoms with Crippen molar-refractivity contribution in [1.82, 2.24) is 14.8 Å². The molecular formula is C12H15ClN4O. The summed E-state index contributed by atoms with van der Waals surface area (Å²) in [6.45, 7) is 2.43. The second-order valence-corrected chi connectivity index (χ2v) is 4.25. The lowest BCUT2D eigenvalue weighted by Crippen LogP contribution is -2.05. The lowest BCUT2D eigenvalue weighted by molar-refractivity contribution is 0.415. The Balaban J connectivity index is 2.39. The number of ether oxygens (including phenoxy) is 1. The van der Waals surface area contributed by atoms with E-state index in [0.717, 1.165) is 17.3 Å². The molecular weight excluding hydrogens is 252 g/mol. The van der Waals surface area contributed by atoms with Gasteiger partial charge in [0.15, 0.2) is 5.82 Å². The lowest BCUT2D eigenvalue weighted by Gasteiger charge is -2.06. The van der Waals surface area contributed by atoms with Crippen LogP contribution in [0.25, 0.3) is 5.69 Å². The van der Waals surface area contributed by atoms with Gasteiger partial charge in [0.2, 0.25) is 0 Å². The molecule has 0 aliphatic carbocycles. The maximum Gasteiger partial charge on any atom is 0.152 e. The van der Waals surface area contributed by atoms with Crippen LogP contribution in [0.4, 0.5) is 0 Å². The molecule has 18 heavy (non-hydrogen) atoms. The summed E-state index contributed by atoms with van der Waals surface area (Å²) >= 11 is 6.09. The van der Waals surface area contributed by atoms with E-state index in [0.29, 0.717) is 23.7 Å². The van der Waals surface area contributed by atoms with Gasteiger partial charge in [-0.25, -0.2) is 9.67 Å². The van der Waals surface area contributed by atoms with Gasteiger partial charge in [0, 0.05) is 6.42 Å². The number of hydrogen-bond donors (Lipinski definition) is 1. The quantitative estimate of drug-likeness (QED) is 0.915. The minimum Gasteiger partial charge on any atom is -0.495 e. The molecule has 0 spiro atoms. The second kappa shape index (κ2) is 5.37. The molecule has 5 nitrogen and oxygen atoms in total. The molecule has 0 amide bonds. The standard InChI is InChI=1S/C12H15ClN4O/c1-8-15-12(5-6-14)16-17(8)9-3-4-11(18-2)10(13)7-9/h3-4,7H,5-6,14H2,1-2H3. The zero-order chi connectivity index (χ0) is 13.1. The van der Waals surface area contributed by atoms with Crippen molar-refractivity contribution < 1.29 is 4.74 Å². The van der Waals surface area contributed by atoms with Gasteiger partial charge in [0.25, 0.3) is 0 Å². The summed E-state index contributed by atoms with van der Waals surface area (Å²) < 4.78 is 6.86. The van der Waals surface area contributed by atoms with Crippen LogP contribution in [0.1, 0.15) is 11.6 Å². The highest BCUT2D eigenvalue weighted by molar-refractivity contribution is 6.32. The highest BCUT2D eigenvalue weighted by atomic mass is 35.5. The third kappa shape index (κ3) is 2.47. The number of aromatic nitrogens is 3. The molecule has 1 aromatic heterocycles. The summed E-state index contributed by atoms with van der Waals surface area (Å²) in [6, 6.07) is 5.49. The number of rotatable bonds is 4. The number of benzene rings is 1. The first-order valence-corrected chi connectivity index (χ1v) is 6.00. The van der Waals surface area contributed by atoms with E-state index < -0.39 is 0 Å². The minimum absolute atomic E-state index is 0.535. The van der Waals surface area contributed by atoms with Gasteiger partial charge in [0.05, 0.1) is 17.8 Å². The van der Waals surface area contributed by atoms with Gasteiger partial charge in [-0.05, 0) is 31.7 Å². The molecule has 0 unspecified atom stereocenters. The zero-order valence-electron chi connectivity index (χ0n) is 10.4. The normalized spacial score (nSPS) is 10.7. The Bertz CT molecular complexity index is 553. The maximum absolute atomic E-state index is 6.09. The van der Waals surface area contributed by atoms with Gasteiger partial charge in [0.1, 0.15) is 11.6 Å². The summed E-state index contributed by atoms with van der Waals surface area (Å²) in [6.07, 6.45) is 0.664. The predicted molar refractivity (Wildman–Crippen MR) is 70.4 cm³/mol. The van der Waals surface area contributed by atoms with Crippen molar-refractivity contribution in [2.45, 2.75) is 13.3 Å². The van der Waals surface area contributed by atoms with E-state index in [1.165, 1.54) is 0 Å². The van der Waals surface area contributed by atoms with E-state index in [-0.39, 0.29) is 0 Å². The fraction of sp³-hybridized carbons (Fsp3) is 0.333. The highest BCUT2D eigenvalue weighted by Gasteiger charge is 2.09. The monoisotopic (exact) mass is 266 g/mol. The summed E-state index contributed by atoms with van der Waals surface area (Å²) in [5, 5.41) is 4.94. The van der Waals surface area contributed by atoms with Crippen LogP contribution in [0.5, 0.6) is 5.75 Å². The van der Waals surface area contributed by atoms with Crippen molar-refractivity contribution in [2.75, 3.05) is 13.7 Å². The molecule has 0 fully saturated rings. The first kappa shape index (κ1) is 12.9. The number of methoxy groups -OCH3 is 1. The molecule has 0 radical (unpaired) electrons. The van der Waals surface area contributed by atoms with Crippen molar-refractivity contribution in [3.63, 3.8) is 0 Å². The largest absolute Gasteiger partial charge is 0.495 e. The van der Waals surface area contributed by atoms with E-state index in [4.69, 9.17) is 22.1 Å². The molecule has 0 aliphatic heterocycles. The first-order chi connectivity index (χ1) is 8.65. The van der Waals surface area contributed by atoms with Crippen LogP contribution in [0.15, 0.2) is 18.2 Å². The van der Waals surface area contributed by atoms with E-state index in [2.05, 4.69) is 10.1 Å². The van der Waals surface area contributed by atoms with Crippen LogP contribution < -0.4 is 10.5 Å².